The van der Waals surface area contributed by atoms with Crippen molar-refractivity contribution in [2.45, 2.75) is 32.7 Å². The molecule has 0 spiro atoms. The minimum atomic E-state index is 0. The molecule has 0 aliphatic carbocycles. The lowest BCUT2D eigenvalue weighted by molar-refractivity contribution is -0.131. The molecule has 1 aliphatic rings. The first-order chi connectivity index (χ1) is 10.3. The number of hydrogen-bond donors (Lipinski definition) is 1. The molecule has 1 amide bonds. The van der Waals surface area contributed by atoms with E-state index in [1.54, 1.807) is 11.8 Å². The first-order valence-electron chi connectivity index (χ1n) is 7.93. The standard InChI is InChI=1S/C17H26N2OS.ClH/c1-3-11-21-13-17(20)19-10-9-18-12-16(19)15-7-5-14(4-2)6-8-15;/h5-8,16,18H,3-4,9-13H2,1-2H3;1H. The second kappa shape index (κ2) is 10.1. The Labute approximate surface area is 144 Å². The van der Waals surface area contributed by atoms with Crippen LogP contribution < -0.4 is 5.32 Å². The van der Waals surface area contributed by atoms with Gasteiger partial charge in [0.05, 0.1) is 11.8 Å². The zero-order chi connectivity index (χ0) is 15.1. The van der Waals surface area contributed by atoms with Gasteiger partial charge in [0.2, 0.25) is 5.91 Å². The van der Waals surface area contributed by atoms with Crippen molar-refractivity contribution in [3.63, 3.8) is 0 Å². The lowest BCUT2D eigenvalue weighted by Crippen LogP contribution is -2.49. The molecular formula is C17H27ClN2OS. The zero-order valence-electron chi connectivity index (χ0n) is 13.5. The van der Waals surface area contributed by atoms with E-state index >= 15 is 0 Å². The number of piperazine rings is 1. The number of aryl methyl sites for hydroxylation is 1. The van der Waals surface area contributed by atoms with Gasteiger partial charge >= 0.3 is 0 Å². The summed E-state index contributed by atoms with van der Waals surface area (Å²) in [7, 11) is 0. The summed E-state index contributed by atoms with van der Waals surface area (Å²) in [5.41, 5.74) is 2.59. The van der Waals surface area contributed by atoms with Crippen molar-refractivity contribution in [3.05, 3.63) is 35.4 Å². The normalized spacial score (nSPS) is 17.9. The van der Waals surface area contributed by atoms with E-state index in [2.05, 4.69) is 48.3 Å². The van der Waals surface area contributed by atoms with Crippen LogP contribution in [0.1, 0.15) is 37.4 Å². The van der Waals surface area contributed by atoms with Gasteiger partial charge in [-0.3, -0.25) is 4.79 Å². The number of hydrogen-bond acceptors (Lipinski definition) is 3. The molecule has 0 saturated carbocycles. The highest BCUT2D eigenvalue weighted by Crippen LogP contribution is 2.23. The van der Waals surface area contributed by atoms with Gasteiger partial charge in [0.15, 0.2) is 0 Å². The molecule has 1 heterocycles. The summed E-state index contributed by atoms with van der Waals surface area (Å²) in [4.78, 5) is 14.5. The van der Waals surface area contributed by atoms with Gasteiger partial charge in [0, 0.05) is 19.6 Å². The fraction of sp³-hybridized carbons (Fsp3) is 0.588. The summed E-state index contributed by atoms with van der Waals surface area (Å²) in [5.74, 6) is 1.95. The van der Waals surface area contributed by atoms with Crippen molar-refractivity contribution in [3.8, 4) is 0 Å². The van der Waals surface area contributed by atoms with Crippen molar-refractivity contribution in [1.29, 1.82) is 0 Å². The molecule has 1 atom stereocenters. The maximum atomic E-state index is 12.5. The second-order valence-corrected chi connectivity index (χ2v) is 6.56. The molecule has 1 aliphatic heterocycles. The SMILES string of the molecule is CCCSCC(=O)N1CCNCC1c1ccc(CC)cc1.Cl. The van der Waals surface area contributed by atoms with E-state index in [0.717, 1.165) is 38.2 Å². The highest BCUT2D eigenvalue weighted by Gasteiger charge is 2.27. The summed E-state index contributed by atoms with van der Waals surface area (Å²) in [6.45, 7) is 6.88. The van der Waals surface area contributed by atoms with Gasteiger partial charge in [-0.15, -0.1) is 12.4 Å². The highest BCUT2D eigenvalue weighted by molar-refractivity contribution is 7.99. The zero-order valence-corrected chi connectivity index (χ0v) is 15.1. The van der Waals surface area contributed by atoms with E-state index in [9.17, 15) is 4.79 Å². The van der Waals surface area contributed by atoms with Crippen molar-refractivity contribution in [1.82, 2.24) is 10.2 Å². The van der Waals surface area contributed by atoms with Crippen LogP contribution in [-0.4, -0.2) is 41.9 Å². The van der Waals surface area contributed by atoms with Crippen LogP contribution >= 0.6 is 24.2 Å². The van der Waals surface area contributed by atoms with E-state index in [-0.39, 0.29) is 24.4 Å². The van der Waals surface area contributed by atoms with Crippen LogP contribution in [0.25, 0.3) is 0 Å². The highest BCUT2D eigenvalue weighted by atomic mass is 35.5. The van der Waals surface area contributed by atoms with E-state index < -0.39 is 0 Å². The molecule has 124 valence electrons. The monoisotopic (exact) mass is 342 g/mol. The van der Waals surface area contributed by atoms with Gasteiger partial charge in [-0.25, -0.2) is 0 Å². The van der Waals surface area contributed by atoms with Crippen molar-refractivity contribution in [2.24, 2.45) is 0 Å². The van der Waals surface area contributed by atoms with Crippen LogP contribution in [0.2, 0.25) is 0 Å². The van der Waals surface area contributed by atoms with Crippen molar-refractivity contribution in [2.75, 3.05) is 31.1 Å². The van der Waals surface area contributed by atoms with Gasteiger partial charge < -0.3 is 10.2 Å². The summed E-state index contributed by atoms with van der Waals surface area (Å²) in [6.07, 6.45) is 2.18. The molecule has 1 saturated heterocycles. The summed E-state index contributed by atoms with van der Waals surface area (Å²) >= 11 is 1.75. The number of nitrogens with zero attached hydrogens (tertiary/aromatic N) is 1. The van der Waals surface area contributed by atoms with E-state index in [1.807, 2.05) is 0 Å². The van der Waals surface area contributed by atoms with Gasteiger partial charge in [0.25, 0.3) is 0 Å². The predicted octanol–water partition coefficient (Wildman–Crippen LogP) is 3.29. The molecule has 3 nitrogen and oxygen atoms in total. The molecule has 1 aromatic carbocycles. The van der Waals surface area contributed by atoms with Crippen LogP contribution in [0, 0.1) is 0 Å². The quantitative estimate of drug-likeness (QED) is 0.805. The second-order valence-electron chi connectivity index (χ2n) is 5.45. The van der Waals surface area contributed by atoms with E-state index in [1.165, 1.54) is 11.1 Å². The molecule has 2 rings (SSSR count). The summed E-state index contributed by atoms with van der Waals surface area (Å²) in [5, 5.41) is 3.41. The van der Waals surface area contributed by atoms with Gasteiger partial charge in [-0.2, -0.15) is 11.8 Å². The number of nitrogens with one attached hydrogen (secondary N) is 1. The van der Waals surface area contributed by atoms with Crippen molar-refractivity contribution >= 4 is 30.1 Å². The number of carbonyl (C=O) groups is 1. The van der Waals surface area contributed by atoms with E-state index in [4.69, 9.17) is 0 Å². The number of amides is 1. The van der Waals surface area contributed by atoms with Gasteiger partial charge in [0.1, 0.15) is 0 Å². The third kappa shape index (κ3) is 5.18. The minimum absolute atomic E-state index is 0. The van der Waals surface area contributed by atoms with Crippen LogP contribution in [0.5, 0.6) is 0 Å². The van der Waals surface area contributed by atoms with E-state index in [0.29, 0.717) is 5.75 Å². The fourth-order valence-corrected chi connectivity index (χ4v) is 3.44. The average Bonchev–Trinajstić information content (AvgIpc) is 2.55. The topological polar surface area (TPSA) is 32.3 Å². The van der Waals surface area contributed by atoms with Crippen LogP contribution in [0.15, 0.2) is 24.3 Å². The lowest BCUT2D eigenvalue weighted by Gasteiger charge is -2.36. The molecule has 5 heteroatoms. The Kier molecular flexibility index (Phi) is 8.91. The summed E-state index contributed by atoms with van der Waals surface area (Å²) < 4.78 is 0. The van der Waals surface area contributed by atoms with Gasteiger partial charge in [-0.1, -0.05) is 38.1 Å². The average molecular weight is 343 g/mol. The Morgan fingerprint density at radius 1 is 1.32 bits per heavy atom. The van der Waals surface area contributed by atoms with Crippen LogP contribution in [0.3, 0.4) is 0 Å². The first-order valence-corrected chi connectivity index (χ1v) is 9.08. The molecular weight excluding hydrogens is 316 g/mol. The predicted molar refractivity (Wildman–Crippen MR) is 98.0 cm³/mol. The smallest absolute Gasteiger partial charge is 0.233 e. The minimum Gasteiger partial charge on any atom is -0.332 e. The summed E-state index contributed by atoms with van der Waals surface area (Å²) in [6, 6.07) is 8.89. The Morgan fingerprint density at radius 2 is 2.05 bits per heavy atom. The number of rotatable bonds is 6. The maximum absolute atomic E-state index is 12.5. The molecule has 1 N–H and O–H groups in total. The Morgan fingerprint density at radius 3 is 2.68 bits per heavy atom. The molecule has 1 aromatic rings. The maximum Gasteiger partial charge on any atom is 0.233 e. The Hall–Kier alpha value is -0.710. The number of carbonyl (C=O) groups excluding carboxylic acids is 1. The molecule has 0 radical (unpaired) electrons. The number of thioether (sulfide) groups is 1. The number of benzene rings is 1. The fourth-order valence-electron chi connectivity index (χ4n) is 2.66. The van der Waals surface area contributed by atoms with Crippen LogP contribution in [0.4, 0.5) is 0 Å². The first kappa shape index (κ1) is 19.3. The van der Waals surface area contributed by atoms with Gasteiger partial charge in [-0.05, 0) is 29.7 Å². The Bertz CT molecular complexity index is 452. The molecule has 1 fully saturated rings. The number of halogens is 1. The van der Waals surface area contributed by atoms with Crippen LogP contribution in [-0.2, 0) is 11.2 Å². The largest absolute Gasteiger partial charge is 0.332 e. The molecule has 0 bridgehead atoms. The lowest BCUT2D eigenvalue weighted by atomic mass is 10.0. The van der Waals surface area contributed by atoms with Crippen molar-refractivity contribution < 1.29 is 4.79 Å². The molecule has 0 aromatic heterocycles. The Balaban J connectivity index is 0.00000242. The molecule has 1 unspecified atom stereocenters. The third-order valence-corrected chi connectivity index (χ3v) is 5.06. The molecule has 22 heavy (non-hydrogen) atoms. The third-order valence-electron chi connectivity index (χ3n) is 3.91.